The maximum atomic E-state index is 13.4. The van der Waals surface area contributed by atoms with Crippen LogP contribution in [0, 0.1) is 0 Å². The Morgan fingerprint density at radius 2 is 1.94 bits per heavy atom. The summed E-state index contributed by atoms with van der Waals surface area (Å²) < 4.78 is 40.6. The molecule has 36 heavy (non-hydrogen) atoms. The number of fused-ring (bicyclic) bond motifs is 2. The number of amides is 2. The van der Waals surface area contributed by atoms with Gasteiger partial charge in [0, 0.05) is 17.5 Å². The van der Waals surface area contributed by atoms with Crippen LogP contribution in [0.1, 0.15) is 48.8 Å². The number of nitrogens with one attached hydrogen (secondary N) is 3. The fraction of sp³-hybridized carbons (Fsp3) is 0.333. The van der Waals surface area contributed by atoms with Crippen LogP contribution in [0.4, 0.5) is 29.6 Å². The predicted octanol–water partition coefficient (Wildman–Crippen LogP) is 5.49. The first-order chi connectivity index (χ1) is 17.1. The van der Waals surface area contributed by atoms with E-state index in [1.165, 1.54) is 23.0 Å². The summed E-state index contributed by atoms with van der Waals surface area (Å²) in [6, 6.07) is 11.5. The normalized spacial score (nSPS) is 20.4. The van der Waals surface area contributed by atoms with E-state index in [2.05, 4.69) is 42.9 Å². The second kappa shape index (κ2) is 7.92. The summed E-state index contributed by atoms with van der Waals surface area (Å²) in [6.07, 6.45) is -3.80. The number of thiophene rings is 1. The van der Waals surface area contributed by atoms with Gasteiger partial charge in [0.2, 0.25) is 5.82 Å². The minimum atomic E-state index is -4.68. The molecule has 6 rings (SSSR count). The molecule has 1 saturated carbocycles. The van der Waals surface area contributed by atoms with Gasteiger partial charge < -0.3 is 15.5 Å². The van der Waals surface area contributed by atoms with E-state index in [9.17, 15) is 18.0 Å². The number of hydrogen-bond acceptors (Lipinski definition) is 6. The van der Waals surface area contributed by atoms with E-state index in [4.69, 9.17) is 0 Å². The maximum Gasteiger partial charge on any atom is 0.451 e. The number of aromatic amines is 1. The molecule has 2 atom stereocenters. The molecule has 4 aromatic rings. The lowest BCUT2D eigenvalue weighted by Crippen LogP contribution is -2.47. The quantitative estimate of drug-likeness (QED) is 0.335. The molecular formula is C24H22F3N7OS. The Morgan fingerprint density at radius 1 is 1.17 bits per heavy atom. The van der Waals surface area contributed by atoms with Gasteiger partial charge in [-0.2, -0.15) is 18.3 Å². The predicted molar refractivity (Wildman–Crippen MR) is 129 cm³/mol. The van der Waals surface area contributed by atoms with Gasteiger partial charge in [0.15, 0.2) is 11.6 Å². The SMILES string of the molecule is CC1(C)c2[nH]nc(Nc3nc(C(F)(F)F)nc4ccsc34)c2CN1C(=O)N[C@@H]1C[C@H]1c1ccccc1. The summed E-state index contributed by atoms with van der Waals surface area (Å²) in [5.41, 5.74) is 2.15. The lowest BCUT2D eigenvalue weighted by atomic mass is 10.0. The van der Waals surface area contributed by atoms with Crippen molar-refractivity contribution in [1.29, 1.82) is 0 Å². The molecule has 1 fully saturated rings. The molecule has 3 aromatic heterocycles. The third-order valence-electron chi connectivity index (χ3n) is 6.84. The molecule has 2 aliphatic rings. The molecule has 0 bridgehead atoms. The van der Waals surface area contributed by atoms with Crippen molar-refractivity contribution >= 4 is 39.2 Å². The van der Waals surface area contributed by atoms with Crippen LogP contribution in [0.3, 0.4) is 0 Å². The maximum absolute atomic E-state index is 13.4. The van der Waals surface area contributed by atoms with E-state index in [-0.39, 0.29) is 30.0 Å². The van der Waals surface area contributed by atoms with E-state index in [1.54, 1.807) is 10.3 Å². The zero-order valence-electron chi connectivity index (χ0n) is 19.3. The number of urea groups is 1. The number of halogens is 3. The first-order valence-corrected chi connectivity index (χ1v) is 12.3. The van der Waals surface area contributed by atoms with Crippen LogP contribution in [0.25, 0.3) is 10.2 Å². The lowest BCUT2D eigenvalue weighted by Gasteiger charge is -2.32. The van der Waals surface area contributed by atoms with Gasteiger partial charge in [0.05, 0.1) is 28.0 Å². The summed E-state index contributed by atoms with van der Waals surface area (Å²) in [5, 5.41) is 15.0. The molecule has 12 heteroatoms. The van der Waals surface area contributed by atoms with Gasteiger partial charge in [0.1, 0.15) is 0 Å². The van der Waals surface area contributed by atoms with Gasteiger partial charge in [-0.3, -0.25) is 5.10 Å². The van der Waals surface area contributed by atoms with Gasteiger partial charge >= 0.3 is 12.2 Å². The number of nitrogens with zero attached hydrogens (tertiary/aromatic N) is 4. The summed E-state index contributed by atoms with van der Waals surface area (Å²) in [6.45, 7) is 4.07. The first-order valence-electron chi connectivity index (χ1n) is 11.4. The monoisotopic (exact) mass is 513 g/mol. The van der Waals surface area contributed by atoms with Crippen LogP contribution in [-0.4, -0.2) is 37.1 Å². The Labute approximate surface area is 207 Å². The van der Waals surface area contributed by atoms with Crippen molar-refractivity contribution in [3.05, 3.63) is 64.4 Å². The zero-order chi connectivity index (χ0) is 25.2. The molecular weight excluding hydrogens is 491 g/mol. The minimum absolute atomic E-state index is 0.0287. The van der Waals surface area contributed by atoms with E-state index in [0.717, 1.165) is 12.1 Å². The second-order valence-corrected chi connectivity index (χ2v) is 10.4. The van der Waals surface area contributed by atoms with Crippen molar-refractivity contribution in [1.82, 2.24) is 30.4 Å². The largest absolute Gasteiger partial charge is 0.451 e. The minimum Gasteiger partial charge on any atom is -0.335 e. The van der Waals surface area contributed by atoms with E-state index < -0.39 is 17.5 Å². The number of rotatable bonds is 4. The third-order valence-corrected chi connectivity index (χ3v) is 7.75. The van der Waals surface area contributed by atoms with Gasteiger partial charge in [-0.25, -0.2) is 14.8 Å². The number of aromatic nitrogens is 4. The topological polar surface area (TPSA) is 98.8 Å². The Hall–Kier alpha value is -3.67. The Kier molecular flexibility index (Phi) is 5.01. The van der Waals surface area contributed by atoms with Crippen molar-refractivity contribution in [2.75, 3.05) is 5.32 Å². The molecule has 1 aromatic carbocycles. The number of hydrogen-bond donors (Lipinski definition) is 3. The number of benzene rings is 1. The van der Waals surface area contributed by atoms with E-state index >= 15 is 0 Å². The fourth-order valence-electron chi connectivity index (χ4n) is 4.79. The smallest absolute Gasteiger partial charge is 0.335 e. The van der Waals surface area contributed by atoms with E-state index in [0.29, 0.717) is 22.0 Å². The summed E-state index contributed by atoms with van der Waals surface area (Å²) in [4.78, 5) is 22.3. The van der Waals surface area contributed by atoms with Crippen molar-refractivity contribution in [2.45, 2.75) is 50.5 Å². The molecule has 2 amide bonds. The number of H-pyrrole nitrogens is 1. The van der Waals surface area contributed by atoms with Gasteiger partial charge in [0.25, 0.3) is 0 Å². The van der Waals surface area contributed by atoms with E-state index in [1.807, 2.05) is 32.0 Å². The summed E-state index contributed by atoms with van der Waals surface area (Å²) in [7, 11) is 0. The van der Waals surface area contributed by atoms with Crippen molar-refractivity contribution in [3.63, 3.8) is 0 Å². The molecule has 0 spiro atoms. The highest BCUT2D eigenvalue weighted by molar-refractivity contribution is 7.17. The highest BCUT2D eigenvalue weighted by Crippen LogP contribution is 2.44. The lowest BCUT2D eigenvalue weighted by molar-refractivity contribution is -0.144. The zero-order valence-corrected chi connectivity index (χ0v) is 20.2. The third kappa shape index (κ3) is 3.76. The molecule has 3 N–H and O–H groups in total. The highest BCUT2D eigenvalue weighted by atomic mass is 32.1. The van der Waals surface area contributed by atoms with Gasteiger partial charge in [-0.1, -0.05) is 30.3 Å². The second-order valence-electron chi connectivity index (χ2n) is 9.53. The Morgan fingerprint density at radius 3 is 2.69 bits per heavy atom. The van der Waals surface area contributed by atoms with Crippen molar-refractivity contribution in [2.24, 2.45) is 0 Å². The molecule has 4 heterocycles. The van der Waals surface area contributed by atoms with Gasteiger partial charge in [-0.05, 0) is 37.3 Å². The fourth-order valence-corrected chi connectivity index (χ4v) is 5.57. The average Bonchev–Trinajstić information content (AvgIpc) is 3.15. The Bertz CT molecular complexity index is 1460. The first kappa shape index (κ1) is 22.8. The summed E-state index contributed by atoms with van der Waals surface area (Å²) in [5.74, 6) is -0.558. The highest BCUT2D eigenvalue weighted by Gasteiger charge is 2.47. The van der Waals surface area contributed by atoms with Crippen LogP contribution in [0.2, 0.25) is 0 Å². The van der Waals surface area contributed by atoms with Crippen LogP contribution in [0.5, 0.6) is 0 Å². The van der Waals surface area contributed by atoms with Crippen molar-refractivity contribution < 1.29 is 18.0 Å². The molecule has 186 valence electrons. The molecule has 1 aliphatic carbocycles. The number of anilines is 2. The number of alkyl halides is 3. The van der Waals surface area contributed by atoms with Crippen LogP contribution < -0.4 is 10.6 Å². The molecule has 0 saturated heterocycles. The molecule has 1 aliphatic heterocycles. The van der Waals surface area contributed by atoms with Crippen LogP contribution in [0.15, 0.2) is 41.8 Å². The Balaban J connectivity index is 1.23. The number of carbonyl (C=O) groups excluding carboxylic acids is 1. The molecule has 8 nitrogen and oxygen atoms in total. The average molecular weight is 514 g/mol. The van der Waals surface area contributed by atoms with Gasteiger partial charge in [-0.15, -0.1) is 11.3 Å². The molecule has 0 unspecified atom stereocenters. The van der Waals surface area contributed by atoms with Crippen LogP contribution in [-0.2, 0) is 18.3 Å². The summed E-state index contributed by atoms with van der Waals surface area (Å²) >= 11 is 1.24. The van der Waals surface area contributed by atoms with Crippen LogP contribution >= 0.6 is 11.3 Å². The molecule has 0 radical (unpaired) electrons. The standard InChI is InChI=1S/C24H22F3N7OS/c1-23(2)18-14(11-34(23)22(35)29-16-10-13(16)12-6-4-3-5-7-12)19(33-32-18)30-20-17-15(8-9-36-17)28-21(31-20)24(25,26)27/h3-9,13,16H,10-11H2,1-2H3,(H,29,35)(H2,28,30,31,32,33)/t13-,16+/m0/s1. The number of carbonyl (C=O) groups is 1. The van der Waals surface area contributed by atoms with Crippen molar-refractivity contribution in [3.8, 4) is 0 Å².